The maximum atomic E-state index is 10.6. The number of rotatable bonds is 4. The van der Waals surface area contributed by atoms with Gasteiger partial charge in [0.1, 0.15) is 6.61 Å². The van der Waals surface area contributed by atoms with Crippen molar-refractivity contribution in [2.24, 2.45) is 0 Å². The highest BCUT2D eigenvalue weighted by atomic mass is 16.5. The largest absolute Gasteiger partial charge is 0.465 e. The van der Waals surface area contributed by atoms with Crippen LogP contribution in [0.2, 0.25) is 0 Å². The third-order valence-corrected chi connectivity index (χ3v) is 1.98. The number of ether oxygens (including phenoxy) is 1. The van der Waals surface area contributed by atoms with Gasteiger partial charge in [-0.1, -0.05) is 30.3 Å². The van der Waals surface area contributed by atoms with Crippen molar-refractivity contribution >= 4 is 5.97 Å². The van der Waals surface area contributed by atoms with Gasteiger partial charge in [0.15, 0.2) is 0 Å². The Kier molecular flexibility index (Phi) is 4.13. The molecule has 1 aromatic carbocycles. The molecule has 0 heterocycles. The SMILES string of the molecule is CC(=O)OCC(CO)c1ccccc1. The summed E-state index contributed by atoms with van der Waals surface area (Å²) >= 11 is 0. The Labute approximate surface area is 83.3 Å². The van der Waals surface area contributed by atoms with E-state index in [1.54, 1.807) is 0 Å². The predicted molar refractivity (Wildman–Crippen MR) is 52.9 cm³/mol. The molecule has 0 spiro atoms. The Hall–Kier alpha value is -1.35. The number of carbonyl (C=O) groups is 1. The van der Waals surface area contributed by atoms with Crippen LogP contribution in [0.1, 0.15) is 18.4 Å². The Morgan fingerprint density at radius 1 is 1.43 bits per heavy atom. The monoisotopic (exact) mass is 194 g/mol. The zero-order chi connectivity index (χ0) is 10.4. The van der Waals surface area contributed by atoms with Gasteiger partial charge in [-0.05, 0) is 5.56 Å². The molecule has 0 aromatic heterocycles. The van der Waals surface area contributed by atoms with Crippen molar-refractivity contribution in [3.8, 4) is 0 Å². The standard InChI is InChI=1S/C11H14O3/c1-9(13)14-8-11(7-12)10-5-3-2-4-6-10/h2-6,11-12H,7-8H2,1H3. The molecular weight excluding hydrogens is 180 g/mol. The molecule has 0 radical (unpaired) electrons. The molecule has 1 rings (SSSR count). The number of benzene rings is 1. The molecule has 0 saturated carbocycles. The zero-order valence-corrected chi connectivity index (χ0v) is 8.14. The quantitative estimate of drug-likeness (QED) is 0.735. The van der Waals surface area contributed by atoms with Gasteiger partial charge in [0, 0.05) is 12.8 Å². The lowest BCUT2D eigenvalue weighted by molar-refractivity contribution is -0.141. The van der Waals surface area contributed by atoms with Crippen molar-refractivity contribution < 1.29 is 14.6 Å². The van der Waals surface area contributed by atoms with Gasteiger partial charge < -0.3 is 9.84 Å². The molecule has 0 amide bonds. The molecule has 76 valence electrons. The van der Waals surface area contributed by atoms with Crippen LogP contribution in [0.5, 0.6) is 0 Å². The number of aliphatic hydroxyl groups is 1. The first kappa shape index (κ1) is 10.7. The Balaban J connectivity index is 2.58. The third-order valence-electron chi connectivity index (χ3n) is 1.98. The minimum absolute atomic E-state index is 0.0166. The van der Waals surface area contributed by atoms with Gasteiger partial charge in [0.05, 0.1) is 6.61 Å². The van der Waals surface area contributed by atoms with Crippen LogP contribution in [-0.4, -0.2) is 24.3 Å². The Morgan fingerprint density at radius 3 is 2.57 bits per heavy atom. The number of esters is 1. The first-order valence-electron chi connectivity index (χ1n) is 4.53. The molecule has 0 aliphatic rings. The van der Waals surface area contributed by atoms with Gasteiger partial charge >= 0.3 is 5.97 Å². The van der Waals surface area contributed by atoms with Crippen LogP contribution >= 0.6 is 0 Å². The summed E-state index contributed by atoms with van der Waals surface area (Å²) in [5, 5.41) is 9.10. The molecule has 14 heavy (non-hydrogen) atoms. The van der Waals surface area contributed by atoms with Gasteiger partial charge in [-0.15, -0.1) is 0 Å². The molecule has 1 unspecified atom stereocenters. The van der Waals surface area contributed by atoms with E-state index in [4.69, 9.17) is 9.84 Å². The number of carbonyl (C=O) groups excluding carboxylic acids is 1. The van der Waals surface area contributed by atoms with Gasteiger partial charge in [-0.25, -0.2) is 0 Å². The van der Waals surface area contributed by atoms with Crippen LogP contribution in [0, 0.1) is 0 Å². The van der Waals surface area contributed by atoms with E-state index >= 15 is 0 Å². The summed E-state index contributed by atoms with van der Waals surface area (Å²) in [5.41, 5.74) is 0.983. The van der Waals surface area contributed by atoms with Gasteiger partial charge in [-0.2, -0.15) is 0 Å². The second kappa shape index (κ2) is 5.40. The minimum atomic E-state index is -0.320. The second-order valence-corrected chi connectivity index (χ2v) is 3.09. The maximum Gasteiger partial charge on any atom is 0.302 e. The highest BCUT2D eigenvalue weighted by molar-refractivity contribution is 5.65. The summed E-state index contributed by atoms with van der Waals surface area (Å²) in [7, 11) is 0. The highest BCUT2D eigenvalue weighted by Gasteiger charge is 2.11. The summed E-state index contributed by atoms with van der Waals surface area (Å²) in [6.07, 6.45) is 0. The van der Waals surface area contributed by atoms with Gasteiger partial charge in [0.25, 0.3) is 0 Å². The highest BCUT2D eigenvalue weighted by Crippen LogP contribution is 2.14. The fraction of sp³-hybridized carbons (Fsp3) is 0.364. The Morgan fingerprint density at radius 2 is 2.07 bits per heavy atom. The lowest BCUT2D eigenvalue weighted by Crippen LogP contribution is -2.14. The number of aliphatic hydroxyl groups excluding tert-OH is 1. The number of hydrogen-bond acceptors (Lipinski definition) is 3. The topological polar surface area (TPSA) is 46.5 Å². The smallest absolute Gasteiger partial charge is 0.302 e. The molecule has 0 aliphatic carbocycles. The van der Waals surface area contributed by atoms with E-state index in [2.05, 4.69) is 0 Å². The lowest BCUT2D eigenvalue weighted by atomic mass is 10.0. The van der Waals surface area contributed by atoms with E-state index < -0.39 is 0 Å². The van der Waals surface area contributed by atoms with Gasteiger partial charge in [0.2, 0.25) is 0 Å². The summed E-state index contributed by atoms with van der Waals surface area (Å²) in [6.45, 7) is 1.58. The van der Waals surface area contributed by atoms with Crippen LogP contribution in [0.3, 0.4) is 0 Å². The molecule has 1 aromatic rings. The summed E-state index contributed by atoms with van der Waals surface area (Å²) in [6, 6.07) is 9.51. The molecule has 0 bridgehead atoms. The summed E-state index contributed by atoms with van der Waals surface area (Å²) < 4.78 is 4.85. The van der Waals surface area contributed by atoms with E-state index in [1.165, 1.54) is 6.92 Å². The predicted octanol–water partition coefficient (Wildman–Crippen LogP) is 1.33. The van der Waals surface area contributed by atoms with E-state index in [0.717, 1.165) is 5.56 Å². The minimum Gasteiger partial charge on any atom is -0.465 e. The van der Waals surface area contributed by atoms with Crippen molar-refractivity contribution in [3.05, 3.63) is 35.9 Å². The molecule has 3 heteroatoms. The molecule has 1 atom stereocenters. The van der Waals surface area contributed by atoms with Crippen LogP contribution in [-0.2, 0) is 9.53 Å². The van der Waals surface area contributed by atoms with Crippen molar-refractivity contribution in [1.29, 1.82) is 0 Å². The third kappa shape index (κ3) is 3.18. The van der Waals surface area contributed by atoms with E-state index in [1.807, 2.05) is 30.3 Å². The Bertz CT molecular complexity index is 282. The number of hydrogen-bond donors (Lipinski definition) is 1. The molecule has 3 nitrogen and oxygen atoms in total. The zero-order valence-electron chi connectivity index (χ0n) is 8.14. The first-order chi connectivity index (χ1) is 6.74. The normalized spacial score (nSPS) is 12.1. The fourth-order valence-electron chi connectivity index (χ4n) is 1.20. The van der Waals surface area contributed by atoms with Crippen LogP contribution < -0.4 is 0 Å². The van der Waals surface area contributed by atoms with Crippen LogP contribution in [0.4, 0.5) is 0 Å². The summed E-state index contributed by atoms with van der Waals surface area (Å²) in [5.74, 6) is -0.445. The van der Waals surface area contributed by atoms with Crippen LogP contribution in [0.25, 0.3) is 0 Å². The van der Waals surface area contributed by atoms with Crippen molar-refractivity contribution in [2.75, 3.05) is 13.2 Å². The average Bonchev–Trinajstić information content (AvgIpc) is 2.20. The van der Waals surface area contributed by atoms with E-state index in [-0.39, 0.29) is 25.1 Å². The molecule has 0 aliphatic heterocycles. The van der Waals surface area contributed by atoms with Crippen LogP contribution in [0.15, 0.2) is 30.3 Å². The molecule has 1 N–H and O–H groups in total. The van der Waals surface area contributed by atoms with Gasteiger partial charge in [-0.3, -0.25) is 4.79 Å². The second-order valence-electron chi connectivity index (χ2n) is 3.09. The lowest BCUT2D eigenvalue weighted by Gasteiger charge is -2.13. The van der Waals surface area contributed by atoms with Crippen molar-refractivity contribution in [1.82, 2.24) is 0 Å². The van der Waals surface area contributed by atoms with Crippen molar-refractivity contribution in [2.45, 2.75) is 12.8 Å². The van der Waals surface area contributed by atoms with E-state index in [0.29, 0.717) is 0 Å². The van der Waals surface area contributed by atoms with Crippen molar-refractivity contribution in [3.63, 3.8) is 0 Å². The first-order valence-corrected chi connectivity index (χ1v) is 4.53. The fourth-order valence-corrected chi connectivity index (χ4v) is 1.20. The molecule has 0 saturated heterocycles. The molecule has 0 fully saturated rings. The summed E-state index contributed by atoms with van der Waals surface area (Å²) in [4.78, 5) is 10.6. The average molecular weight is 194 g/mol. The van der Waals surface area contributed by atoms with E-state index in [9.17, 15) is 4.79 Å². The maximum absolute atomic E-state index is 10.6. The molecular formula is C11H14O3.